The van der Waals surface area contributed by atoms with E-state index in [4.69, 9.17) is 5.73 Å². The Balaban J connectivity index is 1.83. The average molecular weight is 684 g/mol. The van der Waals surface area contributed by atoms with E-state index in [1.54, 1.807) is 0 Å². The zero-order valence-corrected chi connectivity index (χ0v) is 30.4. The number of nitrogens with one attached hydrogen (secondary N) is 3. The van der Waals surface area contributed by atoms with Gasteiger partial charge >= 0.3 is 6.03 Å². The lowest BCUT2D eigenvalue weighted by Crippen LogP contribution is -2.62. The van der Waals surface area contributed by atoms with E-state index in [9.17, 15) is 32.4 Å². The molecule has 2 aliphatic heterocycles. The first-order valence-electron chi connectivity index (χ1n) is 16.8. The first-order chi connectivity index (χ1) is 21.5. The average Bonchev–Trinajstić information content (AvgIpc) is 3.47. The molecule has 5 amide bonds. The quantitative estimate of drug-likeness (QED) is 0.222. The van der Waals surface area contributed by atoms with Crippen LogP contribution in [0.4, 0.5) is 4.79 Å². The van der Waals surface area contributed by atoms with Crippen LogP contribution in [-0.2, 0) is 29.4 Å². The fourth-order valence-electron chi connectivity index (χ4n) is 6.57. The van der Waals surface area contributed by atoms with Crippen molar-refractivity contribution < 1.29 is 32.4 Å². The van der Waals surface area contributed by atoms with Crippen LogP contribution in [0.5, 0.6) is 0 Å². The van der Waals surface area contributed by atoms with E-state index in [2.05, 4.69) is 16.0 Å². The summed E-state index contributed by atoms with van der Waals surface area (Å²) in [5, 5.41) is 8.53. The van der Waals surface area contributed by atoms with E-state index < -0.39 is 74.7 Å². The number of nitrogens with two attached hydrogens (primary N) is 1. The summed E-state index contributed by atoms with van der Waals surface area (Å²) in [6, 6.07) is -4.22. The zero-order chi connectivity index (χ0) is 35.6. The molecule has 0 radical (unpaired) electrons. The molecule has 3 rings (SSSR count). The minimum Gasteiger partial charge on any atom is -0.363 e. The van der Waals surface area contributed by atoms with E-state index >= 15 is 0 Å². The highest BCUT2D eigenvalue weighted by Gasteiger charge is 2.48. The second-order valence-corrected chi connectivity index (χ2v) is 18.1. The molecule has 2 saturated heterocycles. The highest BCUT2D eigenvalue weighted by molar-refractivity contribution is 7.87. The number of Topliss-reactive ketones (excluding diaryl/α,β-unsaturated/α-hetero) is 1. The molecule has 0 spiro atoms. The number of primary amides is 1. The van der Waals surface area contributed by atoms with Crippen molar-refractivity contribution in [1.82, 2.24) is 29.5 Å². The Morgan fingerprint density at radius 3 is 1.94 bits per heavy atom. The molecule has 47 heavy (non-hydrogen) atoms. The second-order valence-electron chi connectivity index (χ2n) is 16.0. The predicted octanol–water partition coefficient (Wildman–Crippen LogP) is 1.21. The third-order valence-corrected chi connectivity index (χ3v) is 12.0. The van der Waals surface area contributed by atoms with Crippen LogP contribution in [0.15, 0.2) is 0 Å². The fraction of sp³-hybridized carbons (Fsp3) is 0.844. The summed E-state index contributed by atoms with van der Waals surface area (Å²) in [7, 11) is -2.11. The van der Waals surface area contributed by atoms with Crippen molar-refractivity contribution in [3.63, 3.8) is 0 Å². The van der Waals surface area contributed by atoms with Crippen molar-refractivity contribution >= 4 is 39.7 Å². The first-order valence-corrected chi connectivity index (χ1v) is 18.2. The summed E-state index contributed by atoms with van der Waals surface area (Å²) in [4.78, 5) is 67.8. The topological polar surface area (TPSA) is 191 Å². The minimum absolute atomic E-state index is 0.0262. The number of likely N-dealkylation sites (N-methyl/N-ethyl adjacent to an activating group) is 1. The first kappa shape index (κ1) is 38.7. The van der Waals surface area contributed by atoms with Gasteiger partial charge in [0.1, 0.15) is 12.1 Å². The monoisotopic (exact) mass is 683 g/mol. The summed E-state index contributed by atoms with van der Waals surface area (Å²) in [5.74, 6) is -2.90. The molecule has 268 valence electrons. The summed E-state index contributed by atoms with van der Waals surface area (Å²) in [6.07, 6.45) is 3.70. The number of rotatable bonds is 12. The number of amides is 5. The van der Waals surface area contributed by atoms with Crippen molar-refractivity contribution in [3.8, 4) is 0 Å². The fourth-order valence-corrected chi connectivity index (χ4v) is 7.93. The normalized spacial score (nSPS) is 24.3. The van der Waals surface area contributed by atoms with Gasteiger partial charge in [0.2, 0.25) is 17.6 Å². The molecule has 1 aliphatic carbocycles. The summed E-state index contributed by atoms with van der Waals surface area (Å²) >= 11 is 0. The van der Waals surface area contributed by atoms with Crippen molar-refractivity contribution in [3.05, 3.63) is 0 Å². The lowest BCUT2D eigenvalue weighted by atomic mass is 9.80. The number of carbonyl (C=O) groups is 5. The SMILES string of the molecule is CC(C)C1CCN(C(=O)[C@@H](NC(=O)N[C@H](CN2CCN(C)S2(=O)=O)C(C)(C)C)C(C)(C)C)[C@@H]1C(=O)NC(CC1CCC1)C(=O)C(N)=O. The molecule has 5 atom stereocenters. The minimum atomic E-state index is -3.63. The smallest absolute Gasteiger partial charge is 0.315 e. The van der Waals surface area contributed by atoms with Gasteiger partial charge in [-0.3, -0.25) is 19.2 Å². The maximum absolute atomic E-state index is 14.3. The molecule has 1 saturated carbocycles. The van der Waals surface area contributed by atoms with Crippen molar-refractivity contribution in [2.45, 2.75) is 112 Å². The molecule has 5 N–H and O–H groups in total. The Kier molecular flexibility index (Phi) is 12.2. The van der Waals surface area contributed by atoms with E-state index in [-0.39, 0.29) is 30.8 Å². The van der Waals surface area contributed by atoms with Gasteiger partial charge in [-0.25, -0.2) is 4.79 Å². The third-order valence-electron chi connectivity index (χ3n) is 10.0. The predicted molar refractivity (Wildman–Crippen MR) is 178 cm³/mol. The number of hydrogen-bond donors (Lipinski definition) is 4. The third kappa shape index (κ3) is 9.23. The van der Waals surface area contributed by atoms with Gasteiger partial charge in [0.05, 0.1) is 6.04 Å². The number of hydrogen-bond acceptors (Lipinski definition) is 7. The Morgan fingerprint density at radius 1 is 0.872 bits per heavy atom. The van der Waals surface area contributed by atoms with Crippen LogP contribution in [0.3, 0.4) is 0 Å². The molecule has 2 unspecified atom stereocenters. The number of carbonyl (C=O) groups excluding carboxylic acids is 5. The van der Waals surface area contributed by atoms with Gasteiger partial charge in [0.25, 0.3) is 16.1 Å². The van der Waals surface area contributed by atoms with Crippen LogP contribution in [0, 0.1) is 28.6 Å². The summed E-state index contributed by atoms with van der Waals surface area (Å²) in [6.45, 7) is 16.1. The highest BCUT2D eigenvalue weighted by atomic mass is 32.2. The van der Waals surface area contributed by atoms with E-state index in [1.807, 2.05) is 55.4 Å². The van der Waals surface area contributed by atoms with Crippen LogP contribution in [0.2, 0.25) is 0 Å². The van der Waals surface area contributed by atoms with Gasteiger partial charge in [-0.1, -0.05) is 74.7 Å². The number of nitrogens with zero attached hydrogens (tertiary/aromatic N) is 3. The van der Waals surface area contributed by atoms with Gasteiger partial charge in [0, 0.05) is 39.3 Å². The second kappa shape index (κ2) is 14.8. The van der Waals surface area contributed by atoms with Gasteiger partial charge in [-0.2, -0.15) is 17.0 Å². The standard InChI is InChI=1S/C32H57N7O7S/c1-19(2)21-13-14-39(24(21)28(42)34-22(25(40)27(33)41)17-20-11-10-12-20)29(43)26(32(6,7)8)36-30(44)35-23(31(3,4)5)18-38-16-15-37(9)47(38,45)46/h19-24,26H,10-18H2,1-9H3,(H2,33,41)(H,34,42)(H2,35,36,44)/t21?,22?,23-,24+,26-/m1/s1. The van der Waals surface area contributed by atoms with Gasteiger partial charge < -0.3 is 26.6 Å². The molecule has 15 heteroatoms. The number of ketones is 1. The van der Waals surface area contributed by atoms with Gasteiger partial charge in [-0.05, 0) is 41.4 Å². The molecular weight excluding hydrogens is 626 g/mol. The summed E-state index contributed by atoms with van der Waals surface area (Å²) in [5.41, 5.74) is 4.04. The van der Waals surface area contributed by atoms with Crippen LogP contribution in [-0.4, -0.2) is 109 Å². The molecule has 0 aromatic heterocycles. The Hall–Kier alpha value is -2.78. The van der Waals surface area contributed by atoms with Crippen LogP contribution in [0.25, 0.3) is 0 Å². The van der Waals surface area contributed by atoms with Crippen LogP contribution in [0.1, 0.15) is 87.5 Å². The molecule has 14 nitrogen and oxygen atoms in total. The van der Waals surface area contributed by atoms with E-state index in [1.165, 1.54) is 20.6 Å². The van der Waals surface area contributed by atoms with Gasteiger partial charge in [-0.15, -0.1) is 0 Å². The Morgan fingerprint density at radius 2 is 1.49 bits per heavy atom. The Bertz CT molecular complexity index is 1300. The molecule has 0 aromatic carbocycles. The summed E-state index contributed by atoms with van der Waals surface area (Å²) < 4.78 is 28.1. The maximum Gasteiger partial charge on any atom is 0.315 e. The van der Waals surface area contributed by atoms with E-state index in [0.717, 1.165) is 19.3 Å². The molecule has 0 bridgehead atoms. The molecule has 3 aliphatic rings. The highest BCUT2D eigenvalue weighted by Crippen LogP contribution is 2.35. The largest absolute Gasteiger partial charge is 0.363 e. The van der Waals surface area contributed by atoms with Crippen molar-refractivity contribution in [2.24, 2.45) is 34.3 Å². The maximum atomic E-state index is 14.3. The molecule has 0 aromatic rings. The zero-order valence-electron chi connectivity index (χ0n) is 29.6. The molecule has 3 fully saturated rings. The van der Waals surface area contributed by atoms with Crippen molar-refractivity contribution in [1.29, 1.82) is 0 Å². The number of likely N-dealkylation sites (tertiary alicyclic amines) is 1. The lowest BCUT2D eigenvalue weighted by molar-refractivity contribution is -0.144. The van der Waals surface area contributed by atoms with E-state index in [0.29, 0.717) is 25.9 Å². The van der Waals surface area contributed by atoms with Gasteiger partial charge in [0.15, 0.2) is 0 Å². The number of urea groups is 1. The molecule has 2 heterocycles. The molecular formula is C32H57N7O7S. The van der Waals surface area contributed by atoms with Crippen LogP contribution < -0.4 is 21.7 Å². The lowest BCUT2D eigenvalue weighted by Gasteiger charge is -2.38. The Labute approximate surface area is 280 Å². The van der Waals surface area contributed by atoms with Crippen molar-refractivity contribution in [2.75, 3.05) is 33.2 Å². The van der Waals surface area contributed by atoms with Crippen LogP contribution >= 0.6 is 0 Å².